The number of imidazole rings is 1. The van der Waals surface area contributed by atoms with Gasteiger partial charge in [0.2, 0.25) is 0 Å². The molecule has 0 saturated heterocycles. The molecule has 4 nitrogen and oxygen atoms in total. The quantitative estimate of drug-likeness (QED) is 0.528. The molecular weight excluding hydrogens is 132 g/mol. The summed E-state index contributed by atoms with van der Waals surface area (Å²) in [6.45, 7) is 0. The van der Waals surface area contributed by atoms with Crippen molar-refractivity contribution in [2.45, 2.75) is 0 Å². The van der Waals surface area contributed by atoms with Crippen molar-refractivity contribution in [3.8, 4) is 0 Å². The molecule has 0 N–H and O–H groups in total. The Morgan fingerprint density at radius 2 is 2.60 bits per heavy atom. The van der Waals surface area contributed by atoms with Gasteiger partial charge in [-0.3, -0.25) is 0 Å². The van der Waals surface area contributed by atoms with Crippen LogP contribution in [0.25, 0.3) is 0 Å². The minimum Gasteiger partial charge on any atom is -0.457 e. The third-order valence-corrected chi connectivity index (χ3v) is 1.05. The maximum absolute atomic E-state index is 10.7. The van der Waals surface area contributed by atoms with Gasteiger partial charge in [0.1, 0.15) is 7.11 Å². The zero-order valence-electron chi connectivity index (χ0n) is 5.57. The Balaban J connectivity index is 2.85. The Labute approximate surface area is 58.4 Å². The molecule has 1 aromatic heterocycles. The van der Waals surface area contributed by atoms with E-state index in [0.29, 0.717) is 0 Å². The summed E-state index contributed by atoms with van der Waals surface area (Å²) < 4.78 is 5.84. The van der Waals surface area contributed by atoms with E-state index < -0.39 is 5.97 Å². The summed E-state index contributed by atoms with van der Waals surface area (Å²) in [7, 11) is 4.74. The van der Waals surface area contributed by atoms with E-state index in [1.165, 1.54) is 6.33 Å². The van der Waals surface area contributed by atoms with Crippen LogP contribution in [0.4, 0.5) is 0 Å². The molecule has 1 heterocycles. The minimum absolute atomic E-state index is 0.275. The Morgan fingerprint density at radius 3 is 3.00 bits per heavy atom. The average molecular weight is 139 g/mol. The van der Waals surface area contributed by atoms with Crippen LogP contribution >= 0.6 is 0 Å². The second kappa shape index (κ2) is 2.51. The van der Waals surface area contributed by atoms with E-state index in [9.17, 15) is 4.79 Å². The van der Waals surface area contributed by atoms with Gasteiger partial charge in [0.25, 0.3) is 0 Å². The van der Waals surface area contributed by atoms with Gasteiger partial charge < -0.3 is 9.30 Å². The van der Waals surface area contributed by atoms with Crippen LogP contribution in [0, 0.1) is 7.11 Å². The molecule has 0 aliphatic heterocycles. The summed E-state index contributed by atoms with van der Waals surface area (Å²) in [5.41, 5.74) is 0.275. The lowest BCUT2D eigenvalue weighted by atomic mass is 10.5. The molecule has 0 amide bonds. The van der Waals surface area contributed by atoms with Gasteiger partial charge in [-0.25, -0.2) is 9.78 Å². The van der Waals surface area contributed by atoms with Crippen molar-refractivity contribution in [1.29, 1.82) is 0 Å². The van der Waals surface area contributed by atoms with E-state index in [4.69, 9.17) is 0 Å². The topological polar surface area (TPSA) is 44.1 Å². The van der Waals surface area contributed by atoms with E-state index in [-0.39, 0.29) is 5.69 Å². The monoisotopic (exact) mass is 139 g/mol. The van der Waals surface area contributed by atoms with Gasteiger partial charge in [-0.1, -0.05) is 0 Å². The van der Waals surface area contributed by atoms with Gasteiger partial charge in [-0.2, -0.15) is 0 Å². The third kappa shape index (κ3) is 1.15. The first-order chi connectivity index (χ1) is 4.74. The fourth-order valence-electron chi connectivity index (χ4n) is 0.592. The number of nitrogens with zero attached hydrogens (tertiary/aromatic N) is 2. The molecule has 0 bridgehead atoms. The maximum Gasteiger partial charge on any atom is 0.358 e. The summed E-state index contributed by atoms with van der Waals surface area (Å²) in [5, 5.41) is 0. The number of esters is 1. The molecule has 4 heteroatoms. The first-order valence-electron chi connectivity index (χ1n) is 2.68. The summed E-state index contributed by atoms with van der Waals surface area (Å²) in [5.74, 6) is -0.513. The normalized spacial score (nSPS) is 9.40. The van der Waals surface area contributed by atoms with Gasteiger partial charge in [0.05, 0.1) is 6.33 Å². The Hall–Kier alpha value is -1.32. The predicted octanol–water partition coefficient (Wildman–Crippen LogP) is 0.368. The van der Waals surface area contributed by atoms with Gasteiger partial charge in [0.15, 0.2) is 5.69 Å². The molecule has 10 heavy (non-hydrogen) atoms. The van der Waals surface area contributed by atoms with Gasteiger partial charge in [0, 0.05) is 13.2 Å². The van der Waals surface area contributed by atoms with Crippen LogP contribution in [-0.4, -0.2) is 15.5 Å². The molecule has 53 valence electrons. The molecule has 0 aromatic carbocycles. The van der Waals surface area contributed by atoms with Crippen molar-refractivity contribution < 1.29 is 9.53 Å². The highest BCUT2D eigenvalue weighted by Gasteiger charge is 2.06. The highest BCUT2D eigenvalue weighted by Crippen LogP contribution is 1.95. The van der Waals surface area contributed by atoms with Crippen LogP contribution in [0.15, 0.2) is 12.5 Å². The van der Waals surface area contributed by atoms with Crippen LogP contribution < -0.4 is 0 Å². The van der Waals surface area contributed by atoms with Gasteiger partial charge in [-0.15, -0.1) is 0 Å². The van der Waals surface area contributed by atoms with Crippen LogP contribution in [0.5, 0.6) is 0 Å². The fraction of sp³-hybridized carbons (Fsp3) is 0.167. The molecule has 0 aliphatic rings. The van der Waals surface area contributed by atoms with Crippen LogP contribution in [0.1, 0.15) is 10.5 Å². The largest absolute Gasteiger partial charge is 0.457 e. The number of ether oxygens (including phenoxy) is 1. The molecule has 1 aromatic rings. The van der Waals surface area contributed by atoms with E-state index >= 15 is 0 Å². The van der Waals surface area contributed by atoms with Crippen molar-refractivity contribution in [3.05, 3.63) is 25.3 Å². The zero-order chi connectivity index (χ0) is 7.56. The number of aromatic nitrogens is 2. The lowest BCUT2D eigenvalue weighted by Gasteiger charge is -1.89. The van der Waals surface area contributed by atoms with E-state index in [1.54, 1.807) is 17.8 Å². The van der Waals surface area contributed by atoms with Crippen molar-refractivity contribution in [2.75, 3.05) is 0 Å². The highest BCUT2D eigenvalue weighted by atomic mass is 16.5. The molecule has 0 fully saturated rings. The predicted molar refractivity (Wildman–Crippen MR) is 34.0 cm³/mol. The number of hydrogen-bond donors (Lipinski definition) is 0. The fourth-order valence-corrected chi connectivity index (χ4v) is 0.592. The molecule has 1 rings (SSSR count). The SMILES string of the molecule is [CH2]OC(=O)c1cn(C)cn1. The molecule has 0 aliphatic carbocycles. The third-order valence-electron chi connectivity index (χ3n) is 1.05. The number of carbonyl (C=O) groups excluding carboxylic acids is 1. The first-order valence-corrected chi connectivity index (χ1v) is 2.68. The van der Waals surface area contributed by atoms with Crippen LogP contribution in [-0.2, 0) is 11.8 Å². The van der Waals surface area contributed by atoms with E-state index in [0.717, 1.165) is 0 Å². The lowest BCUT2D eigenvalue weighted by molar-refractivity contribution is 0.0648. The summed E-state index contributed by atoms with van der Waals surface area (Å²) in [6.07, 6.45) is 3.08. The van der Waals surface area contributed by atoms with E-state index in [1.807, 2.05) is 0 Å². The zero-order valence-corrected chi connectivity index (χ0v) is 5.57. The summed E-state index contributed by atoms with van der Waals surface area (Å²) in [6, 6.07) is 0. The summed E-state index contributed by atoms with van der Waals surface area (Å²) in [4.78, 5) is 14.4. The van der Waals surface area contributed by atoms with Crippen molar-refractivity contribution in [2.24, 2.45) is 7.05 Å². The molecule has 0 atom stereocenters. The van der Waals surface area contributed by atoms with Crippen molar-refractivity contribution in [1.82, 2.24) is 9.55 Å². The maximum atomic E-state index is 10.7. The molecule has 0 spiro atoms. The number of hydrogen-bond acceptors (Lipinski definition) is 3. The van der Waals surface area contributed by atoms with Crippen LogP contribution in [0.3, 0.4) is 0 Å². The smallest absolute Gasteiger partial charge is 0.358 e. The van der Waals surface area contributed by atoms with Crippen LogP contribution in [0.2, 0.25) is 0 Å². The first kappa shape index (κ1) is 6.80. The Bertz CT molecular complexity index is 242. The molecular formula is C6H7N2O2. The number of rotatable bonds is 1. The minimum atomic E-state index is -0.513. The number of aryl methyl sites for hydroxylation is 1. The van der Waals surface area contributed by atoms with Gasteiger partial charge in [-0.05, 0) is 0 Å². The van der Waals surface area contributed by atoms with Gasteiger partial charge >= 0.3 is 5.97 Å². The standard InChI is InChI=1S/C6H7N2O2/c1-8-3-5(7-4-8)6(9)10-2/h3-4H,2H2,1H3. The average Bonchev–Trinajstić information content (AvgIpc) is 2.34. The highest BCUT2D eigenvalue weighted by molar-refractivity contribution is 5.86. The molecule has 0 saturated carbocycles. The molecule has 0 unspecified atom stereocenters. The van der Waals surface area contributed by atoms with E-state index in [2.05, 4.69) is 16.8 Å². The second-order valence-corrected chi connectivity index (χ2v) is 1.86. The number of carbonyl (C=O) groups is 1. The Kier molecular flexibility index (Phi) is 1.71. The second-order valence-electron chi connectivity index (χ2n) is 1.86. The lowest BCUT2D eigenvalue weighted by Crippen LogP contribution is -1.99. The molecule has 1 radical (unpaired) electrons. The van der Waals surface area contributed by atoms with Crippen molar-refractivity contribution in [3.63, 3.8) is 0 Å². The summed E-state index contributed by atoms with van der Waals surface area (Å²) >= 11 is 0. The van der Waals surface area contributed by atoms with Crippen molar-refractivity contribution >= 4 is 5.97 Å². The Morgan fingerprint density at radius 1 is 1.90 bits per heavy atom.